The van der Waals surface area contributed by atoms with Gasteiger partial charge in [-0.05, 0) is 66.4 Å². The number of nitrogens with zero attached hydrogens (tertiary/aromatic N) is 2. The van der Waals surface area contributed by atoms with E-state index >= 15 is 0 Å². The molecule has 0 spiro atoms. The number of benzene rings is 2. The summed E-state index contributed by atoms with van der Waals surface area (Å²) in [5, 5.41) is 5.85. The minimum Gasteiger partial charge on any atom is -0.350 e. The number of carbonyl (C=O) groups is 3. The number of nitrogens with one attached hydrogen (secondary N) is 2. The lowest BCUT2D eigenvalue weighted by atomic mass is 9.99. The first-order chi connectivity index (χ1) is 15.8. The third-order valence-electron chi connectivity index (χ3n) is 5.50. The van der Waals surface area contributed by atoms with Gasteiger partial charge in [0.15, 0.2) is 0 Å². The highest BCUT2D eigenvalue weighted by atomic mass is 16.2. The molecule has 4 rings (SSSR count). The highest BCUT2D eigenvalue weighted by Crippen LogP contribution is 2.32. The number of rotatable bonds is 6. The topological polar surface area (TPSA) is 91.4 Å². The van der Waals surface area contributed by atoms with Gasteiger partial charge >= 0.3 is 0 Å². The quantitative estimate of drug-likeness (QED) is 0.565. The van der Waals surface area contributed by atoms with Gasteiger partial charge in [0.2, 0.25) is 5.91 Å². The van der Waals surface area contributed by atoms with Crippen LogP contribution in [0.15, 0.2) is 72.7 Å². The van der Waals surface area contributed by atoms with Crippen LogP contribution < -0.4 is 10.6 Å². The summed E-state index contributed by atoms with van der Waals surface area (Å²) in [6.45, 7) is 5.54. The zero-order chi connectivity index (χ0) is 23.5. The number of pyridine rings is 1. The molecule has 0 aliphatic carbocycles. The lowest BCUT2D eigenvalue weighted by molar-refractivity contribution is -0.137. The minimum atomic E-state index is -0.400. The van der Waals surface area contributed by atoms with E-state index in [0.29, 0.717) is 22.5 Å². The third kappa shape index (κ3) is 4.67. The third-order valence-corrected chi connectivity index (χ3v) is 5.50. The molecule has 0 radical (unpaired) electrons. The molecule has 3 amide bonds. The van der Waals surface area contributed by atoms with Crippen molar-refractivity contribution in [3.63, 3.8) is 0 Å². The fourth-order valence-electron chi connectivity index (χ4n) is 3.66. The second-order valence-corrected chi connectivity index (χ2v) is 7.99. The first-order valence-electron chi connectivity index (χ1n) is 10.5. The van der Waals surface area contributed by atoms with Crippen LogP contribution in [-0.4, -0.2) is 27.6 Å². The van der Waals surface area contributed by atoms with Crippen LogP contribution in [0.25, 0.3) is 5.57 Å². The van der Waals surface area contributed by atoms with E-state index in [0.717, 1.165) is 16.7 Å². The molecule has 1 aliphatic rings. The fraction of sp³-hybridized carbons (Fsp3) is 0.154. The van der Waals surface area contributed by atoms with Gasteiger partial charge in [0, 0.05) is 30.7 Å². The maximum atomic E-state index is 13.4. The van der Waals surface area contributed by atoms with Crippen LogP contribution >= 0.6 is 0 Å². The molecule has 33 heavy (non-hydrogen) atoms. The van der Waals surface area contributed by atoms with Crippen molar-refractivity contribution in [2.75, 3.05) is 10.6 Å². The SMILES string of the molecule is CC(=O)Nc1ccc(NC2=C(c3ccc(C)c(C)c3)C(=O)N(Cc3cccnc3)C2=O)cc1. The fourth-order valence-corrected chi connectivity index (χ4v) is 3.66. The van der Waals surface area contributed by atoms with E-state index in [1.165, 1.54) is 11.8 Å². The first-order valence-corrected chi connectivity index (χ1v) is 10.5. The van der Waals surface area contributed by atoms with Crippen molar-refractivity contribution in [1.29, 1.82) is 0 Å². The molecule has 3 aromatic rings. The summed E-state index contributed by atoms with van der Waals surface area (Å²) in [4.78, 5) is 43.4. The Labute approximate surface area is 192 Å². The molecule has 1 aromatic heterocycles. The lowest BCUT2D eigenvalue weighted by Gasteiger charge is -2.15. The van der Waals surface area contributed by atoms with Crippen molar-refractivity contribution < 1.29 is 14.4 Å². The normalized spacial score (nSPS) is 13.5. The highest BCUT2D eigenvalue weighted by molar-refractivity contribution is 6.36. The average molecular weight is 441 g/mol. The molecule has 0 saturated heterocycles. The predicted molar refractivity (Wildman–Crippen MR) is 127 cm³/mol. The van der Waals surface area contributed by atoms with Crippen molar-refractivity contribution in [2.45, 2.75) is 27.3 Å². The van der Waals surface area contributed by atoms with Gasteiger partial charge in [-0.3, -0.25) is 24.3 Å². The lowest BCUT2D eigenvalue weighted by Crippen LogP contribution is -2.32. The molecule has 0 bridgehead atoms. The van der Waals surface area contributed by atoms with Gasteiger partial charge < -0.3 is 10.6 Å². The van der Waals surface area contributed by atoms with Crippen molar-refractivity contribution >= 4 is 34.7 Å². The number of hydrogen-bond acceptors (Lipinski definition) is 5. The molecule has 2 aromatic carbocycles. The smallest absolute Gasteiger partial charge is 0.278 e. The van der Waals surface area contributed by atoms with E-state index in [2.05, 4.69) is 15.6 Å². The molecule has 0 unspecified atom stereocenters. The molecule has 1 aliphatic heterocycles. The maximum Gasteiger partial charge on any atom is 0.278 e. The van der Waals surface area contributed by atoms with E-state index in [1.807, 2.05) is 38.1 Å². The van der Waals surface area contributed by atoms with Gasteiger partial charge in [-0.2, -0.15) is 0 Å². The van der Waals surface area contributed by atoms with E-state index in [1.54, 1.807) is 42.7 Å². The zero-order valence-corrected chi connectivity index (χ0v) is 18.7. The number of hydrogen-bond donors (Lipinski definition) is 2. The Hall–Kier alpha value is -4.26. The number of anilines is 2. The van der Waals surface area contributed by atoms with Crippen molar-refractivity contribution in [2.24, 2.45) is 0 Å². The van der Waals surface area contributed by atoms with Gasteiger partial charge in [-0.25, -0.2) is 0 Å². The predicted octanol–water partition coefficient (Wildman–Crippen LogP) is 4.05. The van der Waals surface area contributed by atoms with E-state index in [4.69, 9.17) is 0 Å². The van der Waals surface area contributed by atoms with Gasteiger partial charge in [-0.1, -0.05) is 24.3 Å². The Morgan fingerprint density at radius 1 is 0.939 bits per heavy atom. The molecule has 7 nitrogen and oxygen atoms in total. The zero-order valence-electron chi connectivity index (χ0n) is 18.7. The van der Waals surface area contributed by atoms with Crippen molar-refractivity contribution in [1.82, 2.24) is 9.88 Å². The summed E-state index contributed by atoms with van der Waals surface area (Å²) in [5.41, 5.74) is 5.41. The number of imide groups is 1. The summed E-state index contributed by atoms with van der Waals surface area (Å²) in [6, 6.07) is 16.3. The standard InChI is InChI=1S/C26H24N4O3/c1-16-6-7-20(13-17(16)2)23-24(29-22-10-8-21(9-11-22)28-18(3)31)26(33)30(25(23)32)15-19-5-4-12-27-14-19/h4-14,29H,15H2,1-3H3,(H,28,31). The van der Waals surface area contributed by atoms with Crippen LogP contribution in [0.4, 0.5) is 11.4 Å². The Morgan fingerprint density at radius 2 is 1.67 bits per heavy atom. The Kier molecular flexibility index (Phi) is 6.04. The Bertz CT molecular complexity index is 1260. The molecular weight excluding hydrogens is 416 g/mol. The molecule has 166 valence electrons. The van der Waals surface area contributed by atoms with Crippen molar-refractivity contribution in [3.05, 3.63) is 94.9 Å². The summed E-state index contributed by atoms with van der Waals surface area (Å²) >= 11 is 0. The van der Waals surface area contributed by atoms with E-state index in [-0.39, 0.29) is 24.1 Å². The van der Waals surface area contributed by atoms with Crippen LogP contribution in [-0.2, 0) is 20.9 Å². The summed E-state index contributed by atoms with van der Waals surface area (Å²) in [6.07, 6.45) is 3.29. The average Bonchev–Trinajstić information content (AvgIpc) is 3.01. The van der Waals surface area contributed by atoms with E-state index in [9.17, 15) is 14.4 Å². The molecule has 7 heteroatoms. The molecule has 0 atom stereocenters. The second-order valence-electron chi connectivity index (χ2n) is 7.99. The molecule has 2 heterocycles. The largest absolute Gasteiger partial charge is 0.350 e. The van der Waals surface area contributed by atoms with Crippen LogP contribution in [0, 0.1) is 13.8 Å². The number of carbonyl (C=O) groups excluding carboxylic acids is 3. The summed E-state index contributed by atoms with van der Waals surface area (Å²) in [5.74, 6) is -0.925. The van der Waals surface area contributed by atoms with Gasteiger partial charge in [0.25, 0.3) is 11.8 Å². The van der Waals surface area contributed by atoms with Crippen molar-refractivity contribution in [3.8, 4) is 0 Å². The van der Waals surface area contributed by atoms with Crippen LogP contribution in [0.3, 0.4) is 0 Å². The monoisotopic (exact) mass is 440 g/mol. The Balaban J connectivity index is 1.71. The molecule has 2 N–H and O–H groups in total. The van der Waals surface area contributed by atoms with Crippen LogP contribution in [0.5, 0.6) is 0 Å². The summed E-state index contributed by atoms with van der Waals surface area (Å²) < 4.78 is 0. The number of aryl methyl sites for hydroxylation is 2. The van der Waals surface area contributed by atoms with Gasteiger partial charge in [-0.15, -0.1) is 0 Å². The number of aromatic nitrogens is 1. The van der Waals surface area contributed by atoms with Crippen LogP contribution in [0.1, 0.15) is 29.2 Å². The molecule has 0 fully saturated rings. The van der Waals surface area contributed by atoms with Gasteiger partial charge in [0.1, 0.15) is 5.70 Å². The van der Waals surface area contributed by atoms with Crippen LogP contribution in [0.2, 0.25) is 0 Å². The highest BCUT2D eigenvalue weighted by Gasteiger charge is 2.39. The minimum absolute atomic E-state index is 0.131. The second kappa shape index (κ2) is 9.08. The maximum absolute atomic E-state index is 13.4. The van der Waals surface area contributed by atoms with Gasteiger partial charge in [0.05, 0.1) is 12.1 Å². The Morgan fingerprint density at radius 3 is 2.30 bits per heavy atom. The number of amides is 3. The molecule has 0 saturated carbocycles. The molecular formula is C26H24N4O3. The first kappa shape index (κ1) is 22.0. The summed E-state index contributed by atoms with van der Waals surface area (Å²) in [7, 11) is 0. The van der Waals surface area contributed by atoms with E-state index < -0.39 is 5.91 Å².